The maximum absolute atomic E-state index is 12.7. The Morgan fingerprint density at radius 3 is 1.26 bits per heavy atom. The van der Waals surface area contributed by atoms with Gasteiger partial charge in [0.15, 0.2) is 0 Å². The van der Waals surface area contributed by atoms with Crippen molar-refractivity contribution in [3.63, 3.8) is 0 Å². The van der Waals surface area contributed by atoms with Crippen LogP contribution in [0.1, 0.15) is 5.56 Å². The highest BCUT2D eigenvalue weighted by Crippen LogP contribution is 2.34. The van der Waals surface area contributed by atoms with Crippen molar-refractivity contribution >= 4 is 43.6 Å². The van der Waals surface area contributed by atoms with Crippen LogP contribution in [0.15, 0.2) is 133 Å². The fourth-order valence-electron chi connectivity index (χ4n) is 5.76. The Balaban J connectivity index is 0.000000150. The van der Waals surface area contributed by atoms with Crippen molar-refractivity contribution in [3.05, 3.63) is 139 Å². The Kier molecular flexibility index (Phi) is 7.39. The van der Waals surface area contributed by atoms with Gasteiger partial charge in [-0.3, -0.25) is 0 Å². The van der Waals surface area contributed by atoms with Crippen LogP contribution in [0.4, 0.5) is 26.3 Å². The van der Waals surface area contributed by atoms with Gasteiger partial charge in [-0.15, -0.1) is 13.2 Å². The van der Waals surface area contributed by atoms with E-state index in [0.717, 1.165) is 78.0 Å². The van der Waals surface area contributed by atoms with Crippen molar-refractivity contribution in [3.8, 4) is 28.0 Å². The smallest absolute Gasteiger partial charge is 0.406 e. The van der Waals surface area contributed by atoms with Gasteiger partial charge in [-0.25, -0.2) is 0 Å². The summed E-state index contributed by atoms with van der Waals surface area (Å²) >= 11 is 0. The number of aromatic nitrogens is 2. The highest BCUT2D eigenvalue weighted by Gasteiger charge is 2.31. The highest BCUT2D eigenvalue weighted by molar-refractivity contribution is 6.09. The lowest BCUT2D eigenvalue weighted by molar-refractivity contribution is -0.274. The molecule has 9 heteroatoms. The van der Waals surface area contributed by atoms with Crippen LogP contribution in [0.25, 0.3) is 65.9 Å². The molecule has 0 bridgehead atoms. The van der Waals surface area contributed by atoms with E-state index in [-0.39, 0.29) is 5.75 Å². The van der Waals surface area contributed by atoms with E-state index >= 15 is 0 Å². The number of aromatic amines is 2. The summed E-state index contributed by atoms with van der Waals surface area (Å²) in [6.07, 6.45) is -8.98. The molecule has 3 nitrogen and oxygen atoms in total. The van der Waals surface area contributed by atoms with Gasteiger partial charge in [0.2, 0.25) is 0 Å². The van der Waals surface area contributed by atoms with E-state index in [0.29, 0.717) is 0 Å². The Labute approximate surface area is 264 Å². The third-order valence-corrected chi connectivity index (χ3v) is 7.98. The second-order valence-corrected chi connectivity index (χ2v) is 11.0. The number of halogens is 6. The maximum atomic E-state index is 12.7. The lowest BCUT2D eigenvalue weighted by atomic mass is 10.0. The maximum Gasteiger partial charge on any atom is 0.573 e. The first-order chi connectivity index (χ1) is 22.5. The van der Waals surface area contributed by atoms with Gasteiger partial charge in [0, 0.05) is 43.6 Å². The van der Waals surface area contributed by atoms with Gasteiger partial charge in [-0.05, 0) is 82.9 Å². The van der Waals surface area contributed by atoms with Crippen LogP contribution in [0.3, 0.4) is 0 Å². The zero-order chi connectivity index (χ0) is 32.8. The van der Waals surface area contributed by atoms with Crippen LogP contribution >= 0.6 is 0 Å². The summed E-state index contributed by atoms with van der Waals surface area (Å²) in [5.74, 6) is -0.223. The summed E-state index contributed by atoms with van der Waals surface area (Å²) in [5, 5.41) is 4.37. The molecule has 2 N–H and O–H groups in total. The van der Waals surface area contributed by atoms with Crippen molar-refractivity contribution in [1.82, 2.24) is 9.97 Å². The molecule has 234 valence electrons. The molecule has 0 atom stereocenters. The van der Waals surface area contributed by atoms with Gasteiger partial charge in [0.25, 0.3) is 0 Å². The number of rotatable bonds is 3. The molecule has 0 fully saturated rings. The number of hydrogen-bond donors (Lipinski definition) is 2. The van der Waals surface area contributed by atoms with Crippen LogP contribution in [0.2, 0.25) is 0 Å². The number of fused-ring (bicyclic) bond motifs is 6. The normalized spacial score (nSPS) is 12.0. The van der Waals surface area contributed by atoms with Gasteiger partial charge in [0.05, 0.1) is 5.56 Å². The predicted octanol–water partition coefficient (Wildman–Crippen LogP) is 11.9. The van der Waals surface area contributed by atoms with Gasteiger partial charge in [0.1, 0.15) is 5.75 Å². The fraction of sp³-hybridized carbons (Fsp3) is 0.0526. The number of hydrogen-bond acceptors (Lipinski definition) is 1. The van der Waals surface area contributed by atoms with Crippen LogP contribution in [-0.4, -0.2) is 16.3 Å². The Hall–Kier alpha value is -5.70. The number of para-hydroxylation sites is 2. The van der Waals surface area contributed by atoms with Crippen molar-refractivity contribution in [2.45, 2.75) is 12.5 Å². The summed E-state index contributed by atoms with van der Waals surface area (Å²) in [7, 11) is 0. The quantitative estimate of drug-likeness (QED) is 0.186. The largest absolute Gasteiger partial charge is 0.573 e. The second kappa shape index (κ2) is 11.6. The minimum Gasteiger partial charge on any atom is -0.406 e. The molecule has 8 rings (SSSR count). The Morgan fingerprint density at radius 2 is 0.809 bits per heavy atom. The first-order valence-corrected chi connectivity index (χ1v) is 14.6. The number of alkyl halides is 6. The molecule has 0 saturated heterocycles. The van der Waals surface area contributed by atoms with Crippen molar-refractivity contribution < 1.29 is 31.1 Å². The van der Waals surface area contributed by atoms with E-state index in [1.165, 1.54) is 24.3 Å². The third-order valence-electron chi connectivity index (χ3n) is 7.98. The molecule has 0 radical (unpaired) electrons. The molecule has 8 aromatic rings. The monoisotopic (exact) mass is 638 g/mol. The van der Waals surface area contributed by atoms with Gasteiger partial charge in [-0.1, -0.05) is 72.8 Å². The molecular weight excluding hydrogens is 614 g/mol. The number of nitrogens with one attached hydrogen (secondary N) is 2. The molecule has 0 aliphatic carbocycles. The molecule has 2 heterocycles. The van der Waals surface area contributed by atoms with Crippen LogP contribution in [0.5, 0.6) is 5.75 Å². The Bertz CT molecular complexity index is 2350. The molecule has 0 aliphatic rings. The molecule has 0 spiro atoms. The Morgan fingerprint density at radius 1 is 0.404 bits per heavy atom. The van der Waals surface area contributed by atoms with Gasteiger partial charge in [-0.2, -0.15) is 13.2 Å². The third kappa shape index (κ3) is 6.24. The zero-order valence-electron chi connectivity index (χ0n) is 24.4. The highest BCUT2D eigenvalue weighted by atomic mass is 19.4. The van der Waals surface area contributed by atoms with Crippen molar-refractivity contribution in [1.29, 1.82) is 0 Å². The molecule has 47 heavy (non-hydrogen) atoms. The minimum atomic E-state index is -4.68. The SMILES string of the molecule is FC(F)(F)Oc1ccc(-c2ccc3[nH]c4ccccc4c3c2)cc1.FC(F)(F)c1ccc(-c2ccc3[nH]c4ccccc4c3c2)cc1. The first-order valence-electron chi connectivity index (χ1n) is 14.6. The van der Waals surface area contributed by atoms with Crippen LogP contribution in [0, 0.1) is 0 Å². The van der Waals surface area contributed by atoms with E-state index in [9.17, 15) is 26.3 Å². The molecule has 0 saturated carbocycles. The summed E-state index contributed by atoms with van der Waals surface area (Å²) in [5.41, 5.74) is 6.95. The summed E-state index contributed by atoms with van der Waals surface area (Å²) < 4.78 is 78.6. The van der Waals surface area contributed by atoms with Gasteiger partial charge >= 0.3 is 12.5 Å². The van der Waals surface area contributed by atoms with Crippen molar-refractivity contribution in [2.75, 3.05) is 0 Å². The topological polar surface area (TPSA) is 40.8 Å². The lowest BCUT2D eigenvalue weighted by Crippen LogP contribution is -2.16. The molecule has 0 aliphatic heterocycles. The van der Waals surface area contributed by atoms with E-state index in [4.69, 9.17) is 0 Å². The van der Waals surface area contributed by atoms with Gasteiger partial charge < -0.3 is 14.7 Å². The fourth-order valence-corrected chi connectivity index (χ4v) is 5.76. The average molecular weight is 639 g/mol. The second-order valence-electron chi connectivity index (χ2n) is 11.0. The van der Waals surface area contributed by atoms with Crippen molar-refractivity contribution in [2.24, 2.45) is 0 Å². The standard InChI is InChI=1S/C19H12F3NO.C19H12F3N/c20-19(21,22)24-14-8-5-12(6-9-14)13-7-10-18-16(11-13)15-3-1-2-4-17(15)23-18;20-19(21,22)14-8-5-12(6-9-14)13-7-10-18-16(11-13)15-3-1-2-4-17(15)23-18/h1-11,23H;1-11,23H. The zero-order valence-corrected chi connectivity index (χ0v) is 24.4. The van der Waals surface area contributed by atoms with E-state index in [1.54, 1.807) is 12.1 Å². The van der Waals surface area contributed by atoms with Crippen LogP contribution in [-0.2, 0) is 6.18 Å². The summed E-state index contributed by atoms with van der Waals surface area (Å²) in [6, 6.07) is 39.0. The molecule has 6 aromatic carbocycles. The number of ether oxygens (including phenoxy) is 1. The lowest BCUT2D eigenvalue weighted by Gasteiger charge is -2.09. The number of H-pyrrole nitrogens is 2. The first kappa shape index (κ1) is 30.0. The summed E-state index contributed by atoms with van der Waals surface area (Å²) in [4.78, 5) is 6.68. The van der Waals surface area contributed by atoms with E-state index < -0.39 is 18.1 Å². The number of benzene rings is 6. The predicted molar refractivity (Wildman–Crippen MR) is 174 cm³/mol. The molecule has 2 aromatic heterocycles. The molecular formula is C38H24F6N2O. The van der Waals surface area contributed by atoms with E-state index in [2.05, 4.69) is 14.7 Å². The molecule has 0 unspecified atom stereocenters. The molecule has 0 amide bonds. The average Bonchev–Trinajstić information content (AvgIpc) is 3.62. The van der Waals surface area contributed by atoms with Crippen LogP contribution < -0.4 is 4.74 Å². The van der Waals surface area contributed by atoms with E-state index in [1.807, 2.05) is 84.9 Å². The minimum absolute atomic E-state index is 0.223. The summed E-state index contributed by atoms with van der Waals surface area (Å²) in [6.45, 7) is 0.